The maximum absolute atomic E-state index is 11.9. The molecule has 116 valence electrons. The summed E-state index contributed by atoms with van der Waals surface area (Å²) >= 11 is 0. The number of ketones is 1. The van der Waals surface area contributed by atoms with E-state index in [0.29, 0.717) is 12.1 Å². The van der Waals surface area contributed by atoms with Crippen LogP contribution in [-0.2, 0) is 15.0 Å². The topological polar surface area (TPSA) is 70.2 Å². The monoisotopic (exact) mass is 299 g/mol. The molecule has 1 aromatic carbocycles. The number of carbonyl (C=O) groups is 2. The molecule has 3 rings (SSSR count). The fourth-order valence-electron chi connectivity index (χ4n) is 2.86. The van der Waals surface area contributed by atoms with Crippen LogP contribution in [-0.4, -0.2) is 11.7 Å². The van der Waals surface area contributed by atoms with Gasteiger partial charge in [0.25, 0.3) is 0 Å². The maximum atomic E-state index is 11.9. The third-order valence-corrected chi connectivity index (χ3v) is 4.36. The average molecular weight is 299 g/mol. The Bertz CT molecular complexity index is 662. The van der Waals surface area contributed by atoms with Crippen LogP contribution in [0.15, 0.2) is 30.0 Å². The van der Waals surface area contributed by atoms with Crippen molar-refractivity contribution in [3.8, 4) is 0 Å². The second-order valence-electron chi connectivity index (χ2n) is 6.38. The van der Waals surface area contributed by atoms with Crippen LogP contribution < -0.4 is 16.2 Å². The van der Waals surface area contributed by atoms with Crippen molar-refractivity contribution in [1.29, 1.82) is 0 Å². The van der Waals surface area contributed by atoms with Crippen LogP contribution in [0, 0.1) is 0 Å². The standard InChI is InChI=1S/C17H21N3O2/c1-17(2)12-9-8-11(10-14(12)18-16(17)22)19-20-13-6-4-3-5-7-15(13)21/h6,8-10,19-20H,3-5,7H2,1-2H3,(H,18,22). The lowest BCUT2D eigenvalue weighted by atomic mass is 9.86. The summed E-state index contributed by atoms with van der Waals surface area (Å²) in [5, 5.41) is 2.90. The summed E-state index contributed by atoms with van der Waals surface area (Å²) in [6.07, 6.45) is 5.46. The lowest BCUT2D eigenvalue weighted by Crippen LogP contribution is -2.26. The number of anilines is 2. The third kappa shape index (κ3) is 2.58. The van der Waals surface area contributed by atoms with Crippen molar-refractivity contribution in [2.24, 2.45) is 0 Å². The van der Waals surface area contributed by atoms with E-state index in [0.717, 1.165) is 36.2 Å². The van der Waals surface area contributed by atoms with Crippen molar-refractivity contribution in [2.45, 2.75) is 44.9 Å². The van der Waals surface area contributed by atoms with Crippen molar-refractivity contribution in [3.63, 3.8) is 0 Å². The number of rotatable bonds is 3. The van der Waals surface area contributed by atoms with Crippen LogP contribution in [0.5, 0.6) is 0 Å². The number of hydrazine groups is 1. The van der Waals surface area contributed by atoms with Gasteiger partial charge < -0.3 is 10.7 Å². The zero-order valence-corrected chi connectivity index (χ0v) is 13.0. The van der Waals surface area contributed by atoms with Crippen molar-refractivity contribution in [2.75, 3.05) is 10.7 Å². The number of hydrogen-bond acceptors (Lipinski definition) is 4. The number of fused-ring (bicyclic) bond motifs is 1. The third-order valence-electron chi connectivity index (χ3n) is 4.36. The van der Waals surface area contributed by atoms with Gasteiger partial charge in [0.15, 0.2) is 5.78 Å². The van der Waals surface area contributed by atoms with E-state index in [9.17, 15) is 9.59 Å². The van der Waals surface area contributed by atoms with Crippen molar-refractivity contribution >= 4 is 23.1 Å². The summed E-state index contributed by atoms with van der Waals surface area (Å²) in [5.41, 5.74) is 8.81. The molecule has 0 atom stereocenters. The van der Waals surface area contributed by atoms with Crippen LogP contribution in [0.3, 0.4) is 0 Å². The SMILES string of the molecule is CC1(C)C(=O)Nc2cc(NNC3=CCCCCC3=O)ccc21. The van der Waals surface area contributed by atoms with E-state index in [1.54, 1.807) is 0 Å². The molecule has 0 unspecified atom stereocenters. The molecule has 5 nitrogen and oxygen atoms in total. The largest absolute Gasteiger partial charge is 0.325 e. The van der Waals surface area contributed by atoms with Crippen molar-refractivity contribution in [1.82, 2.24) is 5.43 Å². The number of carbonyl (C=O) groups excluding carboxylic acids is 2. The minimum atomic E-state index is -0.499. The van der Waals surface area contributed by atoms with Crippen LogP contribution in [0.1, 0.15) is 45.1 Å². The molecule has 0 spiro atoms. The second-order valence-corrected chi connectivity index (χ2v) is 6.38. The molecule has 0 saturated carbocycles. The van der Waals surface area contributed by atoms with Gasteiger partial charge in [-0.15, -0.1) is 0 Å². The predicted molar refractivity (Wildman–Crippen MR) is 86.4 cm³/mol. The first-order valence-corrected chi connectivity index (χ1v) is 7.70. The number of amides is 1. The van der Waals surface area contributed by atoms with E-state index < -0.39 is 5.41 Å². The first kappa shape index (κ1) is 14.6. The molecule has 0 radical (unpaired) electrons. The molecule has 0 saturated heterocycles. The molecule has 3 N–H and O–H groups in total. The van der Waals surface area contributed by atoms with Gasteiger partial charge in [-0.2, -0.15) is 0 Å². The molecule has 0 aromatic heterocycles. The molecule has 22 heavy (non-hydrogen) atoms. The Hall–Kier alpha value is -2.30. The Morgan fingerprint density at radius 2 is 1.95 bits per heavy atom. The summed E-state index contributed by atoms with van der Waals surface area (Å²) < 4.78 is 0. The van der Waals surface area contributed by atoms with Gasteiger partial charge in [0.2, 0.25) is 5.91 Å². The fraction of sp³-hybridized carbons (Fsp3) is 0.412. The van der Waals surface area contributed by atoms with E-state index in [-0.39, 0.29) is 11.7 Å². The predicted octanol–water partition coefficient (Wildman–Crippen LogP) is 2.86. The zero-order chi connectivity index (χ0) is 15.7. The molecule has 1 aliphatic carbocycles. The first-order chi connectivity index (χ1) is 10.5. The molecular weight excluding hydrogens is 278 g/mol. The summed E-state index contributed by atoms with van der Waals surface area (Å²) in [6.45, 7) is 3.82. The number of nitrogens with one attached hydrogen (secondary N) is 3. The molecule has 1 heterocycles. The van der Waals surface area contributed by atoms with Gasteiger partial charge in [0, 0.05) is 12.1 Å². The van der Waals surface area contributed by atoms with Gasteiger partial charge in [-0.3, -0.25) is 15.0 Å². The highest BCUT2D eigenvalue weighted by molar-refractivity contribution is 6.06. The quantitative estimate of drug-likeness (QED) is 0.751. The molecular formula is C17H21N3O2. The number of hydrogen-bond donors (Lipinski definition) is 3. The van der Waals surface area contributed by atoms with E-state index in [1.807, 2.05) is 38.1 Å². The van der Waals surface area contributed by atoms with Gasteiger partial charge >= 0.3 is 0 Å². The highest BCUT2D eigenvalue weighted by Gasteiger charge is 2.38. The average Bonchev–Trinajstić information content (AvgIpc) is 2.63. The first-order valence-electron chi connectivity index (χ1n) is 7.70. The van der Waals surface area contributed by atoms with Gasteiger partial charge in [0.05, 0.1) is 16.8 Å². The molecule has 1 aromatic rings. The highest BCUT2D eigenvalue weighted by atomic mass is 16.2. The fourth-order valence-corrected chi connectivity index (χ4v) is 2.86. The van der Waals surface area contributed by atoms with Gasteiger partial charge in [-0.05, 0) is 50.8 Å². The Balaban J connectivity index is 1.73. The summed E-state index contributed by atoms with van der Waals surface area (Å²) in [7, 11) is 0. The lowest BCUT2D eigenvalue weighted by molar-refractivity contribution is -0.119. The Kier molecular flexibility index (Phi) is 3.64. The van der Waals surface area contributed by atoms with Gasteiger partial charge in [-0.25, -0.2) is 0 Å². The minimum Gasteiger partial charge on any atom is -0.325 e. The van der Waals surface area contributed by atoms with Crippen molar-refractivity contribution in [3.05, 3.63) is 35.5 Å². The smallest absolute Gasteiger partial charge is 0.234 e. The summed E-state index contributed by atoms with van der Waals surface area (Å²) in [5.74, 6) is 0.148. The second kappa shape index (κ2) is 5.48. The lowest BCUT2D eigenvalue weighted by Gasteiger charge is -2.16. The summed E-state index contributed by atoms with van der Waals surface area (Å²) in [4.78, 5) is 23.9. The molecule has 1 aliphatic heterocycles. The van der Waals surface area contributed by atoms with Crippen LogP contribution in [0.25, 0.3) is 0 Å². The molecule has 1 amide bonds. The van der Waals surface area contributed by atoms with Gasteiger partial charge in [0.1, 0.15) is 0 Å². The Labute approximate surface area is 130 Å². The number of allylic oxidation sites excluding steroid dienone is 2. The molecule has 0 fully saturated rings. The summed E-state index contributed by atoms with van der Waals surface area (Å²) in [6, 6.07) is 5.74. The molecule has 0 bridgehead atoms. The van der Waals surface area contributed by atoms with E-state index in [2.05, 4.69) is 16.2 Å². The molecule has 5 heteroatoms. The Morgan fingerprint density at radius 3 is 2.77 bits per heavy atom. The van der Waals surface area contributed by atoms with E-state index in [1.165, 1.54) is 0 Å². The Morgan fingerprint density at radius 1 is 1.14 bits per heavy atom. The number of benzene rings is 1. The van der Waals surface area contributed by atoms with Crippen molar-refractivity contribution < 1.29 is 9.59 Å². The van der Waals surface area contributed by atoms with Crippen LogP contribution in [0.2, 0.25) is 0 Å². The van der Waals surface area contributed by atoms with Crippen LogP contribution in [0.4, 0.5) is 11.4 Å². The number of Topliss-reactive ketones (excluding diaryl/α,β-unsaturated/α-hetero) is 1. The highest BCUT2D eigenvalue weighted by Crippen LogP contribution is 2.38. The van der Waals surface area contributed by atoms with E-state index >= 15 is 0 Å². The van der Waals surface area contributed by atoms with Crippen LogP contribution >= 0.6 is 0 Å². The van der Waals surface area contributed by atoms with E-state index in [4.69, 9.17) is 0 Å². The zero-order valence-electron chi connectivity index (χ0n) is 13.0. The molecule has 2 aliphatic rings. The normalized spacial score (nSPS) is 19.8. The maximum Gasteiger partial charge on any atom is 0.234 e. The van der Waals surface area contributed by atoms with Gasteiger partial charge in [-0.1, -0.05) is 12.1 Å². The minimum absolute atomic E-state index is 0.00858.